The Morgan fingerprint density at radius 2 is 1.64 bits per heavy atom. The van der Waals surface area contributed by atoms with Crippen molar-refractivity contribution in [1.29, 1.82) is 0 Å². The third-order valence-electron chi connectivity index (χ3n) is 7.27. The van der Waals surface area contributed by atoms with E-state index >= 15 is 0 Å². The molecule has 0 unspecified atom stereocenters. The van der Waals surface area contributed by atoms with Gasteiger partial charge in [-0.2, -0.15) is 9.78 Å². The molecule has 0 aliphatic rings. The van der Waals surface area contributed by atoms with E-state index in [-0.39, 0.29) is 11.5 Å². The number of hydrogen-bond acceptors (Lipinski definition) is 6. The van der Waals surface area contributed by atoms with Crippen LogP contribution < -0.4 is 19.8 Å². The second kappa shape index (κ2) is 14.3. The van der Waals surface area contributed by atoms with Gasteiger partial charge in [-0.25, -0.2) is 4.98 Å². The number of hydrogen-bond donors (Lipinski definition) is 0. The van der Waals surface area contributed by atoms with Crippen molar-refractivity contribution in [3.8, 4) is 28.6 Å². The molecule has 232 valence electrons. The predicted octanol–water partition coefficient (Wildman–Crippen LogP) is 9.17. The molecule has 0 aliphatic carbocycles. The van der Waals surface area contributed by atoms with Gasteiger partial charge in [0.15, 0.2) is 17.3 Å². The van der Waals surface area contributed by atoms with E-state index < -0.39 is 0 Å². The van der Waals surface area contributed by atoms with Crippen molar-refractivity contribution in [2.24, 2.45) is 5.10 Å². The lowest BCUT2D eigenvalue weighted by atomic mass is 9.96. The monoisotopic (exact) mass is 687 g/mol. The van der Waals surface area contributed by atoms with Gasteiger partial charge < -0.3 is 14.2 Å². The molecule has 0 aliphatic heterocycles. The van der Waals surface area contributed by atoms with Crippen LogP contribution >= 0.6 is 27.5 Å². The molecule has 5 rings (SSSR count). The molecule has 1 aromatic heterocycles. The van der Waals surface area contributed by atoms with Crippen molar-refractivity contribution < 1.29 is 14.2 Å². The van der Waals surface area contributed by atoms with Crippen LogP contribution in [0.15, 0.2) is 87.2 Å². The number of fused-ring (bicyclic) bond motifs is 1. The number of benzene rings is 4. The van der Waals surface area contributed by atoms with Crippen LogP contribution in [0.5, 0.6) is 17.2 Å². The average molecular weight is 689 g/mol. The molecule has 4 aromatic carbocycles. The van der Waals surface area contributed by atoms with Crippen LogP contribution in [0.3, 0.4) is 0 Å². The molecule has 0 fully saturated rings. The summed E-state index contributed by atoms with van der Waals surface area (Å²) in [5.74, 6) is 2.32. The Hall–Kier alpha value is -4.14. The predicted molar refractivity (Wildman–Crippen MR) is 186 cm³/mol. The van der Waals surface area contributed by atoms with Gasteiger partial charge in [0.2, 0.25) is 0 Å². The summed E-state index contributed by atoms with van der Waals surface area (Å²) in [5, 5.41) is 5.50. The van der Waals surface area contributed by atoms with Crippen LogP contribution in [-0.4, -0.2) is 29.1 Å². The summed E-state index contributed by atoms with van der Waals surface area (Å²) in [6.07, 6.45) is 1.58. The molecule has 9 heteroatoms. The topological polar surface area (TPSA) is 74.9 Å². The second-order valence-electron chi connectivity index (χ2n) is 10.7. The Balaban J connectivity index is 1.64. The molecule has 5 aromatic rings. The van der Waals surface area contributed by atoms with E-state index in [4.69, 9.17) is 35.9 Å². The molecule has 0 saturated heterocycles. The zero-order chi connectivity index (χ0) is 32.1. The number of ether oxygens (including phenoxy) is 3. The van der Waals surface area contributed by atoms with Crippen LogP contribution in [0.2, 0.25) is 5.02 Å². The SMILES string of the molecule is CCOc1cc(C)c(-c2nc3ccccc3c(=O)n2N=Cc2cc(OCC)c(OCc3ccccc3)c(Cl)c2Br)cc1C(C)C. The first-order chi connectivity index (χ1) is 21.7. The van der Waals surface area contributed by atoms with Gasteiger partial charge in [-0.05, 0) is 89.6 Å². The number of rotatable bonds is 11. The first kappa shape index (κ1) is 32.3. The first-order valence-corrected chi connectivity index (χ1v) is 16.1. The number of aryl methyl sites for hydroxylation is 1. The fourth-order valence-electron chi connectivity index (χ4n) is 5.02. The smallest absolute Gasteiger partial charge is 0.282 e. The third kappa shape index (κ3) is 6.92. The highest BCUT2D eigenvalue weighted by atomic mass is 79.9. The largest absolute Gasteiger partial charge is 0.494 e. The Morgan fingerprint density at radius 1 is 0.956 bits per heavy atom. The number of halogens is 2. The van der Waals surface area contributed by atoms with E-state index in [1.165, 1.54) is 4.68 Å². The van der Waals surface area contributed by atoms with E-state index in [0.717, 1.165) is 28.0 Å². The zero-order valence-electron chi connectivity index (χ0n) is 25.9. The molecule has 0 bridgehead atoms. The van der Waals surface area contributed by atoms with Crippen LogP contribution in [0.1, 0.15) is 55.9 Å². The second-order valence-corrected chi connectivity index (χ2v) is 11.9. The maximum atomic E-state index is 13.9. The maximum absolute atomic E-state index is 13.9. The highest BCUT2D eigenvalue weighted by molar-refractivity contribution is 9.10. The number of aromatic nitrogens is 2. The lowest BCUT2D eigenvalue weighted by Gasteiger charge is -2.18. The Morgan fingerprint density at radius 3 is 2.36 bits per heavy atom. The summed E-state index contributed by atoms with van der Waals surface area (Å²) in [5.41, 5.74) is 4.63. The normalized spacial score (nSPS) is 11.5. The van der Waals surface area contributed by atoms with Gasteiger partial charge in [-0.15, -0.1) is 0 Å². The van der Waals surface area contributed by atoms with Crippen molar-refractivity contribution in [3.05, 3.63) is 115 Å². The summed E-state index contributed by atoms with van der Waals surface area (Å²) in [6.45, 7) is 11.3. The van der Waals surface area contributed by atoms with E-state index in [2.05, 4.69) is 29.8 Å². The summed E-state index contributed by atoms with van der Waals surface area (Å²) >= 11 is 10.4. The lowest BCUT2D eigenvalue weighted by molar-refractivity contribution is 0.269. The minimum atomic E-state index is -0.290. The molecular formula is C36H35BrClN3O4. The zero-order valence-corrected chi connectivity index (χ0v) is 28.3. The minimum Gasteiger partial charge on any atom is -0.494 e. The fraction of sp³-hybridized carbons (Fsp3) is 0.250. The highest BCUT2D eigenvalue weighted by Crippen LogP contribution is 2.43. The third-order valence-corrected chi connectivity index (χ3v) is 8.71. The molecular weight excluding hydrogens is 654 g/mol. The van der Waals surface area contributed by atoms with Gasteiger partial charge in [0.25, 0.3) is 5.56 Å². The van der Waals surface area contributed by atoms with Crippen LogP contribution in [0, 0.1) is 6.92 Å². The van der Waals surface area contributed by atoms with E-state index in [9.17, 15) is 4.79 Å². The quantitative estimate of drug-likeness (QED) is 0.129. The molecule has 0 N–H and O–H groups in total. The lowest BCUT2D eigenvalue weighted by Crippen LogP contribution is -2.21. The van der Waals surface area contributed by atoms with Crippen molar-refractivity contribution in [2.45, 2.75) is 47.1 Å². The molecule has 7 nitrogen and oxygen atoms in total. The van der Waals surface area contributed by atoms with Gasteiger partial charge in [0, 0.05) is 15.6 Å². The van der Waals surface area contributed by atoms with Crippen LogP contribution in [-0.2, 0) is 6.61 Å². The first-order valence-electron chi connectivity index (χ1n) is 14.9. The molecule has 0 amide bonds. The van der Waals surface area contributed by atoms with Crippen LogP contribution in [0.4, 0.5) is 0 Å². The van der Waals surface area contributed by atoms with Gasteiger partial charge in [0.1, 0.15) is 17.4 Å². The Kier molecular flexibility index (Phi) is 10.3. The Bertz CT molecular complexity index is 1920. The van der Waals surface area contributed by atoms with Gasteiger partial charge >= 0.3 is 0 Å². The van der Waals surface area contributed by atoms with Crippen molar-refractivity contribution in [1.82, 2.24) is 9.66 Å². The number of para-hydroxylation sites is 1. The van der Waals surface area contributed by atoms with Crippen molar-refractivity contribution in [2.75, 3.05) is 13.2 Å². The standard InChI is InChI=1S/C36H35BrClN3O4/c1-6-43-30-17-23(5)28(19-27(30)22(3)4)35-40-29-16-12-11-15-26(29)36(42)41(35)39-20-25-18-31(44-7-2)34(33(38)32(25)37)45-21-24-13-9-8-10-14-24/h8-20,22H,6-7,21H2,1-5H3. The average Bonchev–Trinajstić information content (AvgIpc) is 3.03. The fourth-order valence-corrected chi connectivity index (χ4v) is 5.68. The Labute approximate surface area is 276 Å². The molecule has 0 radical (unpaired) electrons. The molecule has 1 heterocycles. The van der Waals surface area contributed by atoms with Crippen molar-refractivity contribution >= 4 is 44.6 Å². The molecule has 0 spiro atoms. The van der Waals surface area contributed by atoms with Gasteiger partial charge in [-0.3, -0.25) is 4.79 Å². The molecule has 0 atom stereocenters. The van der Waals surface area contributed by atoms with Crippen molar-refractivity contribution in [3.63, 3.8) is 0 Å². The van der Waals surface area contributed by atoms with Gasteiger partial charge in [-0.1, -0.05) is 67.9 Å². The number of nitrogens with zero attached hydrogens (tertiary/aromatic N) is 3. The van der Waals surface area contributed by atoms with E-state index in [0.29, 0.717) is 63.1 Å². The van der Waals surface area contributed by atoms with Crippen LogP contribution in [0.25, 0.3) is 22.3 Å². The molecule has 45 heavy (non-hydrogen) atoms. The summed E-state index contributed by atoms with van der Waals surface area (Å²) in [6, 6.07) is 22.9. The summed E-state index contributed by atoms with van der Waals surface area (Å²) in [7, 11) is 0. The van der Waals surface area contributed by atoms with Gasteiger partial charge in [0.05, 0.1) is 30.3 Å². The minimum absolute atomic E-state index is 0.188. The van der Waals surface area contributed by atoms with E-state index in [1.54, 1.807) is 18.3 Å². The summed E-state index contributed by atoms with van der Waals surface area (Å²) in [4.78, 5) is 18.9. The van der Waals surface area contributed by atoms with E-state index in [1.807, 2.05) is 81.4 Å². The highest BCUT2D eigenvalue weighted by Gasteiger charge is 2.20. The molecule has 0 saturated carbocycles. The summed E-state index contributed by atoms with van der Waals surface area (Å²) < 4.78 is 19.9. The maximum Gasteiger partial charge on any atom is 0.282 e.